The van der Waals surface area contributed by atoms with E-state index in [2.05, 4.69) is 5.32 Å². The number of rotatable bonds is 3. The first-order valence-corrected chi connectivity index (χ1v) is 6.29. The molecule has 1 aliphatic rings. The molecule has 0 aromatic heterocycles. The number of carbonyl (C=O) groups is 2. The summed E-state index contributed by atoms with van der Waals surface area (Å²) in [5.41, 5.74) is 1.60. The summed E-state index contributed by atoms with van der Waals surface area (Å²) in [5, 5.41) is 2.84. The van der Waals surface area contributed by atoms with Crippen LogP contribution in [0.5, 0.6) is 0 Å². The van der Waals surface area contributed by atoms with Crippen molar-refractivity contribution in [3.8, 4) is 0 Å². The Kier molecular flexibility index (Phi) is 3.65. The highest BCUT2D eigenvalue weighted by molar-refractivity contribution is 5.97. The summed E-state index contributed by atoms with van der Waals surface area (Å²) >= 11 is 0. The molecule has 0 radical (unpaired) electrons. The van der Waals surface area contributed by atoms with E-state index in [1.807, 2.05) is 38.1 Å². The van der Waals surface area contributed by atoms with Crippen molar-refractivity contribution in [1.29, 1.82) is 0 Å². The number of amides is 2. The first kappa shape index (κ1) is 12.6. The molecule has 4 heteroatoms. The number of benzene rings is 1. The minimum atomic E-state index is -0.0536. The summed E-state index contributed by atoms with van der Waals surface area (Å²) in [5.74, 6) is 0.0873. The molecule has 96 valence electrons. The molecule has 1 saturated heterocycles. The summed E-state index contributed by atoms with van der Waals surface area (Å²) in [6, 6.07) is 7.44. The minimum absolute atomic E-state index is 0.0140. The molecule has 1 aromatic rings. The van der Waals surface area contributed by atoms with Gasteiger partial charge >= 0.3 is 0 Å². The second kappa shape index (κ2) is 5.21. The second-order valence-electron chi connectivity index (χ2n) is 4.84. The summed E-state index contributed by atoms with van der Waals surface area (Å²) < 4.78 is 0. The average molecular weight is 246 g/mol. The molecular formula is C14H18N2O2. The van der Waals surface area contributed by atoms with Crippen LogP contribution in [0.25, 0.3) is 0 Å². The molecule has 1 N–H and O–H groups in total. The Bertz CT molecular complexity index is 469. The van der Waals surface area contributed by atoms with Crippen LogP contribution in [-0.4, -0.2) is 18.4 Å². The molecule has 0 unspecified atom stereocenters. The van der Waals surface area contributed by atoms with Crippen molar-refractivity contribution in [1.82, 2.24) is 0 Å². The number of carbonyl (C=O) groups excluding carboxylic acids is 2. The van der Waals surface area contributed by atoms with E-state index in [0.29, 0.717) is 6.42 Å². The van der Waals surface area contributed by atoms with Gasteiger partial charge in [-0.3, -0.25) is 9.59 Å². The van der Waals surface area contributed by atoms with Crippen LogP contribution in [-0.2, 0) is 9.59 Å². The molecule has 0 bridgehead atoms. The van der Waals surface area contributed by atoms with E-state index in [0.717, 1.165) is 24.3 Å². The molecule has 2 amide bonds. The zero-order valence-electron chi connectivity index (χ0n) is 10.8. The Morgan fingerprint density at radius 3 is 2.78 bits per heavy atom. The lowest BCUT2D eigenvalue weighted by molar-refractivity contribution is -0.119. The maximum absolute atomic E-state index is 11.7. The SMILES string of the molecule is CC(C)C(=O)Nc1cccc(N2CCCC2=O)c1. The lowest BCUT2D eigenvalue weighted by atomic mass is 10.2. The summed E-state index contributed by atoms with van der Waals surface area (Å²) in [6.45, 7) is 4.47. The van der Waals surface area contributed by atoms with Crippen LogP contribution in [0, 0.1) is 5.92 Å². The van der Waals surface area contributed by atoms with Crippen LogP contribution in [0.3, 0.4) is 0 Å². The lowest BCUT2D eigenvalue weighted by Gasteiger charge is -2.17. The number of nitrogens with one attached hydrogen (secondary N) is 1. The van der Waals surface area contributed by atoms with E-state index in [1.54, 1.807) is 4.90 Å². The third-order valence-corrected chi connectivity index (χ3v) is 3.02. The molecule has 18 heavy (non-hydrogen) atoms. The maximum Gasteiger partial charge on any atom is 0.227 e. The van der Waals surface area contributed by atoms with Crippen molar-refractivity contribution >= 4 is 23.2 Å². The quantitative estimate of drug-likeness (QED) is 0.890. The van der Waals surface area contributed by atoms with Crippen LogP contribution in [0.1, 0.15) is 26.7 Å². The normalized spacial score (nSPS) is 15.3. The van der Waals surface area contributed by atoms with E-state index < -0.39 is 0 Å². The van der Waals surface area contributed by atoms with Crippen LogP contribution >= 0.6 is 0 Å². The molecule has 1 aliphatic heterocycles. The van der Waals surface area contributed by atoms with E-state index in [4.69, 9.17) is 0 Å². The Hall–Kier alpha value is -1.84. The van der Waals surface area contributed by atoms with Crippen LogP contribution in [0.2, 0.25) is 0 Å². The maximum atomic E-state index is 11.7. The molecule has 4 nitrogen and oxygen atoms in total. The summed E-state index contributed by atoms with van der Waals surface area (Å²) in [4.78, 5) is 25.0. The van der Waals surface area contributed by atoms with Crippen molar-refractivity contribution in [2.24, 2.45) is 5.92 Å². The largest absolute Gasteiger partial charge is 0.326 e. The minimum Gasteiger partial charge on any atom is -0.326 e. The number of anilines is 2. The summed E-state index contributed by atoms with van der Waals surface area (Å²) in [6.07, 6.45) is 1.52. The summed E-state index contributed by atoms with van der Waals surface area (Å²) in [7, 11) is 0. The first-order chi connectivity index (χ1) is 8.58. The highest BCUT2D eigenvalue weighted by Crippen LogP contribution is 2.24. The van der Waals surface area contributed by atoms with Crippen LogP contribution < -0.4 is 10.2 Å². The number of hydrogen-bond donors (Lipinski definition) is 1. The lowest BCUT2D eigenvalue weighted by Crippen LogP contribution is -2.24. The fourth-order valence-corrected chi connectivity index (χ4v) is 1.96. The molecule has 0 saturated carbocycles. The van der Waals surface area contributed by atoms with Gasteiger partial charge in [0.2, 0.25) is 11.8 Å². The average Bonchev–Trinajstić information content (AvgIpc) is 2.75. The molecule has 1 heterocycles. The molecular weight excluding hydrogens is 228 g/mol. The molecule has 0 atom stereocenters. The van der Waals surface area contributed by atoms with Gasteiger partial charge < -0.3 is 10.2 Å². The van der Waals surface area contributed by atoms with Crippen molar-refractivity contribution in [3.63, 3.8) is 0 Å². The van der Waals surface area contributed by atoms with Crippen molar-refractivity contribution in [2.75, 3.05) is 16.8 Å². The third-order valence-electron chi connectivity index (χ3n) is 3.02. The fraction of sp³-hybridized carbons (Fsp3) is 0.429. The van der Waals surface area contributed by atoms with Crippen LogP contribution in [0.15, 0.2) is 24.3 Å². The Morgan fingerprint density at radius 2 is 2.17 bits per heavy atom. The van der Waals surface area contributed by atoms with E-state index in [9.17, 15) is 9.59 Å². The monoisotopic (exact) mass is 246 g/mol. The topological polar surface area (TPSA) is 49.4 Å². The Morgan fingerprint density at radius 1 is 1.39 bits per heavy atom. The third kappa shape index (κ3) is 2.70. The van der Waals surface area contributed by atoms with Gasteiger partial charge in [-0.25, -0.2) is 0 Å². The van der Waals surface area contributed by atoms with Gasteiger partial charge in [-0.1, -0.05) is 19.9 Å². The zero-order chi connectivity index (χ0) is 13.1. The van der Waals surface area contributed by atoms with Crippen molar-refractivity contribution in [2.45, 2.75) is 26.7 Å². The van der Waals surface area contributed by atoms with Gasteiger partial charge in [0.1, 0.15) is 0 Å². The van der Waals surface area contributed by atoms with Crippen LogP contribution in [0.4, 0.5) is 11.4 Å². The zero-order valence-corrected chi connectivity index (χ0v) is 10.8. The first-order valence-electron chi connectivity index (χ1n) is 6.29. The van der Waals surface area contributed by atoms with Gasteiger partial charge in [0.15, 0.2) is 0 Å². The van der Waals surface area contributed by atoms with Crippen molar-refractivity contribution < 1.29 is 9.59 Å². The Balaban J connectivity index is 2.15. The molecule has 0 aliphatic carbocycles. The Labute approximate surface area is 107 Å². The predicted molar refractivity (Wildman–Crippen MR) is 71.5 cm³/mol. The molecule has 1 aromatic carbocycles. The van der Waals surface area contributed by atoms with E-state index >= 15 is 0 Å². The highest BCUT2D eigenvalue weighted by atomic mass is 16.2. The second-order valence-corrected chi connectivity index (χ2v) is 4.84. The van der Waals surface area contributed by atoms with Gasteiger partial charge in [0.05, 0.1) is 0 Å². The highest BCUT2D eigenvalue weighted by Gasteiger charge is 2.21. The molecule has 1 fully saturated rings. The van der Waals surface area contributed by atoms with Gasteiger partial charge in [-0.15, -0.1) is 0 Å². The van der Waals surface area contributed by atoms with Gasteiger partial charge in [0.25, 0.3) is 0 Å². The smallest absolute Gasteiger partial charge is 0.227 e. The van der Waals surface area contributed by atoms with E-state index in [1.165, 1.54) is 0 Å². The number of nitrogens with zero attached hydrogens (tertiary/aromatic N) is 1. The molecule has 0 spiro atoms. The van der Waals surface area contributed by atoms with Gasteiger partial charge in [-0.05, 0) is 24.6 Å². The van der Waals surface area contributed by atoms with E-state index in [-0.39, 0.29) is 17.7 Å². The van der Waals surface area contributed by atoms with Gasteiger partial charge in [0, 0.05) is 30.3 Å². The van der Waals surface area contributed by atoms with Gasteiger partial charge in [-0.2, -0.15) is 0 Å². The predicted octanol–water partition coefficient (Wildman–Crippen LogP) is 2.41. The standard InChI is InChI=1S/C14H18N2O2/c1-10(2)14(18)15-11-5-3-6-12(9-11)16-8-4-7-13(16)17/h3,5-6,9-10H,4,7-8H2,1-2H3,(H,15,18). The number of hydrogen-bond acceptors (Lipinski definition) is 2. The van der Waals surface area contributed by atoms with Crippen molar-refractivity contribution in [3.05, 3.63) is 24.3 Å². The fourth-order valence-electron chi connectivity index (χ4n) is 1.96. The molecule has 2 rings (SSSR count).